The highest BCUT2D eigenvalue weighted by Gasteiger charge is 2.21. The second kappa shape index (κ2) is 9.83. The first-order valence-corrected chi connectivity index (χ1v) is 11.5. The van der Waals surface area contributed by atoms with Gasteiger partial charge in [-0.2, -0.15) is 0 Å². The summed E-state index contributed by atoms with van der Waals surface area (Å²) in [6.45, 7) is 5.94. The lowest BCUT2D eigenvalue weighted by Crippen LogP contribution is -2.23. The number of carbonyl (C=O) groups is 1. The monoisotopic (exact) mass is 442 g/mol. The van der Waals surface area contributed by atoms with Gasteiger partial charge < -0.3 is 5.32 Å². The number of rotatable bonds is 7. The summed E-state index contributed by atoms with van der Waals surface area (Å²) < 4.78 is 2.05. The number of anilines is 1. The van der Waals surface area contributed by atoms with Crippen LogP contribution in [0.4, 0.5) is 5.69 Å². The highest BCUT2D eigenvalue weighted by atomic mass is 32.2. The summed E-state index contributed by atoms with van der Waals surface area (Å²) in [7, 11) is 0. The Morgan fingerprint density at radius 1 is 0.938 bits per heavy atom. The molecule has 32 heavy (non-hydrogen) atoms. The molecule has 1 atom stereocenters. The number of aryl methyl sites for hydroxylation is 2. The molecule has 1 amide bonds. The minimum atomic E-state index is -0.340. The van der Waals surface area contributed by atoms with Gasteiger partial charge in [-0.25, -0.2) is 0 Å². The predicted octanol–water partition coefficient (Wildman–Crippen LogP) is 5.59. The van der Waals surface area contributed by atoms with E-state index in [1.165, 1.54) is 17.3 Å². The van der Waals surface area contributed by atoms with E-state index in [0.29, 0.717) is 11.6 Å². The van der Waals surface area contributed by atoms with Crippen molar-refractivity contribution >= 4 is 23.4 Å². The third kappa shape index (κ3) is 5.08. The zero-order valence-electron chi connectivity index (χ0n) is 18.4. The lowest BCUT2D eigenvalue weighted by atomic mass is 10.1. The van der Waals surface area contributed by atoms with Crippen molar-refractivity contribution in [2.75, 3.05) is 5.32 Å². The molecule has 4 aromatic rings. The first-order chi connectivity index (χ1) is 15.5. The molecule has 0 fully saturated rings. The number of para-hydroxylation sites is 1. The fourth-order valence-corrected chi connectivity index (χ4v) is 4.27. The van der Waals surface area contributed by atoms with Crippen molar-refractivity contribution in [3.05, 3.63) is 101 Å². The van der Waals surface area contributed by atoms with E-state index in [9.17, 15) is 4.79 Å². The number of nitrogens with zero attached hydrogens (tertiary/aromatic N) is 3. The number of amides is 1. The molecule has 0 radical (unpaired) electrons. The summed E-state index contributed by atoms with van der Waals surface area (Å²) in [6, 6.07) is 26.3. The van der Waals surface area contributed by atoms with Gasteiger partial charge in [0.2, 0.25) is 5.91 Å². The number of hydrogen-bond acceptors (Lipinski definition) is 4. The molecule has 0 aliphatic heterocycles. The number of aromatic nitrogens is 3. The Kier molecular flexibility index (Phi) is 6.71. The highest BCUT2D eigenvalue weighted by Crippen LogP contribution is 2.28. The van der Waals surface area contributed by atoms with Gasteiger partial charge in [0.15, 0.2) is 5.16 Å². The molecule has 162 valence electrons. The van der Waals surface area contributed by atoms with Gasteiger partial charge in [0.05, 0.1) is 5.25 Å². The lowest BCUT2D eigenvalue weighted by Gasteiger charge is -2.15. The van der Waals surface area contributed by atoms with E-state index in [2.05, 4.69) is 63.4 Å². The quantitative estimate of drug-likeness (QED) is 0.379. The first-order valence-electron chi connectivity index (χ1n) is 10.6. The van der Waals surface area contributed by atoms with Crippen molar-refractivity contribution in [3.8, 4) is 5.69 Å². The van der Waals surface area contributed by atoms with Crippen LogP contribution in [0.3, 0.4) is 0 Å². The molecular weight excluding hydrogens is 416 g/mol. The fourth-order valence-electron chi connectivity index (χ4n) is 3.38. The molecule has 1 aromatic heterocycles. The topological polar surface area (TPSA) is 59.8 Å². The molecule has 6 heteroatoms. The standard InChI is InChI=1S/C26H26N4OS/c1-18-13-15-22(16-14-18)30-24(17-21-10-5-4-6-11-21)28-29-26(30)32-20(3)25(31)27-23-12-8-7-9-19(23)2/h4-16,20H,17H2,1-3H3,(H,27,31)/t20-/m1/s1. The van der Waals surface area contributed by atoms with E-state index in [1.54, 1.807) is 0 Å². The Hall–Kier alpha value is -3.38. The van der Waals surface area contributed by atoms with Gasteiger partial charge in [0, 0.05) is 17.8 Å². The van der Waals surface area contributed by atoms with Crippen LogP contribution in [0.15, 0.2) is 84.0 Å². The second-order valence-corrected chi connectivity index (χ2v) is 9.10. The molecule has 0 bridgehead atoms. The molecule has 3 aromatic carbocycles. The number of nitrogens with one attached hydrogen (secondary N) is 1. The number of thioether (sulfide) groups is 1. The van der Waals surface area contributed by atoms with Crippen LogP contribution in [0.1, 0.15) is 29.4 Å². The van der Waals surface area contributed by atoms with Crippen LogP contribution in [-0.4, -0.2) is 25.9 Å². The zero-order chi connectivity index (χ0) is 22.5. The van der Waals surface area contributed by atoms with E-state index < -0.39 is 0 Å². The molecule has 0 spiro atoms. The van der Waals surface area contributed by atoms with Gasteiger partial charge in [-0.15, -0.1) is 10.2 Å². The van der Waals surface area contributed by atoms with Gasteiger partial charge in [0.1, 0.15) is 5.82 Å². The maximum absolute atomic E-state index is 12.9. The normalized spacial score (nSPS) is 11.8. The van der Waals surface area contributed by atoms with Gasteiger partial charge >= 0.3 is 0 Å². The van der Waals surface area contributed by atoms with Crippen LogP contribution < -0.4 is 5.32 Å². The van der Waals surface area contributed by atoms with Crippen LogP contribution in [-0.2, 0) is 11.2 Å². The Morgan fingerprint density at radius 3 is 2.34 bits per heavy atom. The van der Waals surface area contributed by atoms with Crippen LogP contribution in [0, 0.1) is 13.8 Å². The maximum atomic E-state index is 12.9. The van der Waals surface area contributed by atoms with E-state index in [1.807, 2.05) is 56.3 Å². The SMILES string of the molecule is Cc1ccc(-n2c(Cc3ccccc3)nnc2S[C@H](C)C(=O)Nc2ccccc2C)cc1. The molecule has 0 unspecified atom stereocenters. The fraction of sp³-hybridized carbons (Fsp3) is 0.192. The zero-order valence-corrected chi connectivity index (χ0v) is 19.3. The van der Waals surface area contributed by atoms with E-state index in [0.717, 1.165) is 28.3 Å². The van der Waals surface area contributed by atoms with Gasteiger partial charge in [0.25, 0.3) is 0 Å². The average molecular weight is 443 g/mol. The Bertz CT molecular complexity index is 1200. The molecular formula is C26H26N4OS. The number of hydrogen-bond donors (Lipinski definition) is 1. The average Bonchev–Trinajstić information content (AvgIpc) is 3.18. The maximum Gasteiger partial charge on any atom is 0.237 e. The van der Waals surface area contributed by atoms with Crippen LogP contribution in [0.25, 0.3) is 5.69 Å². The van der Waals surface area contributed by atoms with E-state index in [4.69, 9.17) is 0 Å². The summed E-state index contributed by atoms with van der Waals surface area (Å²) in [5.41, 5.74) is 5.20. The summed E-state index contributed by atoms with van der Waals surface area (Å²) in [5, 5.41) is 12.3. The molecule has 0 saturated carbocycles. The Labute approximate surface area is 192 Å². The largest absolute Gasteiger partial charge is 0.325 e. The third-order valence-electron chi connectivity index (χ3n) is 5.25. The lowest BCUT2D eigenvalue weighted by molar-refractivity contribution is -0.115. The minimum absolute atomic E-state index is 0.0626. The van der Waals surface area contributed by atoms with Crippen molar-refractivity contribution in [2.24, 2.45) is 0 Å². The predicted molar refractivity (Wildman–Crippen MR) is 130 cm³/mol. The minimum Gasteiger partial charge on any atom is -0.325 e. The van der Waals surface area contributed by atoms with Crippen LogP contribution in [0.2, 0.25) is 0 Å². The molecule has 0 aliphatic carbocycles. The molecule has 0 saturated heterocycles. The summed E-state index contributed by atoms with van der Waals surface area (Å²) in [6.07, 6.45) is 0.659. The summed E-state index contributed by atoms with van der Waals surface area (Å²) in [4.78, 5) is 12.9. The van der Waals surface area contributed by atoms with E-state index in [-0.39, 0.29) is 11.2 Å². The highest BCUT2D eigenvalue weighted by molar-refractivity contribution is 8.00. The Morgan fingerprint density at radius 2 is 1.62 bits per heavy atom. The third-order valence-corrected chi connectivity index (χ3v) is 6.29. The van der Waals surface area contributed by atoms with Gasteiger partial charge in [-0.1, -0.05) is 78.0 Å². The smallest absolute Gasteiger partial charge is 0.237 e. The Balaban J connectivity index is 1.60. The summed E-state index contributed by atoms with van der Waals surface area (Å²) in [5.74, 6) is 0.779. The molecule has 1 N–H and O–H groups in total. The van der Waals surface area contributed by atoms with Crippen LogP contribution >= 0.6 is 11.8 Å². The molecule has 1 heterocycles. The van der Waals surface area contributed by atoms with Gasteiger partial charge in [-0.05, 0) is 50.1 Å². The summed E-state index contributed by atoms with van der Waals surface area (Å²) >= 11 is 1.41. The molecule has 0 aliphatic rings. The van der Waals surface area contributed by atoms with Crippen LogP contribution in [0.5, 0.6) is 0 Å². The first kappa shape index (κ1) is 21.8. The van der Waals surface area contributed by atoms with Crippen molar-refractivity contribution in [1.82, 2.24) is 14.8 Å². The van der Waals surface area contributed by atoms with E-state index >= 15 is 0 Å². The number of benzene rings is 3. The number of carbonyl (C=O) groups excluding carboxylic acids is 1. The van der Waals surface area contributed by atoms with Crippen molar-refractivity contribution in [1.29, 1.82) is 0 Å². The van der Waals surface area contributed by atoms with Crippen molar-refractivity contribution < 1.29 is 4.79 Å². The van der Waals surface area contributed by atoms with Gasteiger partial charge in [-0.3, -0.25) is 9.36 Å². The molecule has 4 rings (SSSR count). The molecule has 5 nitrogen and oxygen atoms in total. The van der Waals surface area contributed by atoms with Crippen molar-refractivity contribution in [2.45, 2.75) is 37.6 Å². The van der Waals surface area contributed by atoms with Crippen molar-refractivity contribution in [3.63, 3.8) is 0 Å². The second-order valence-electron chi connectivity index (χ2n) is 7.80.